The van der Waals surface area contributed by atoms with E-state index in [0.717, 1.165) is 17.1 Å². The highest BCUT2D eigenvalue weighted by molar-refractivity contribution is 7.05. The van der Waals surface area contributed by atoms with Gasteiger partial charge in [-0.25, -0.2) is 0 Å². The van der Waals surface area contributed by atoms with Gasteiger partial charge in [-0.3, -0.25) is 5.32 Å². The first-order valence-electron chi connectivity index (χ1n) is 3.78. The minimum atomic E-state index is -0.0324. The molecule has 64 valence electrons. The maximum atomic E-state index is 5.36. The molecule has 1 heterocycles. The summed E-state index contributed by atoms with van der Waals surface area (Å²) in [5.74, 6) is 2.67. The number of hydrogen-bond acceptors (Lipinski definition) is 4. The number of nitrogens with one attached hydrogen (secondary N) is 1. The molecular weight excluding hydrogens is 170 g/mol. The van der Waals surface area contributed by atoms with Crippen molar-refractivity contribution in [2.75, 3.05) is 6.54 Å². The third kappa shape index (κ3) is 1.81. The molecule has 0 aliphatic heterocycles. The van der Waals surface area contributed by atoms with Gasteiger partial charge in [-0.15, -0.1) is 11.5 Å². The van der Waals surface area contributed by atoms with Gasteiger partial charge in [0.2, 0.25) is 0 Å². The van der Waals surface area contributed by atoms with Gasteiger partial charge in [0.15, 0.2) is 0 Å². The maximum Gasteiger partial charge on any atom is 0.107 e. The van der Waals surface area contributed by atoms with Gasteiger partial charge in [0.25, 0.3) is 0 Å². The van der Waals surface area contributed by atoms with Crippen LogP contribution in [0.15, 0.2) is 0 Å². The number of terminal acetylenes is 1. The summed E-state index contributed by atoms with van der Waals surface area (Å²) in [6.07, 6.45) is 5.36. The van der Waals surface area contributed by atoms with E-state index in [0.29, 0.717) is 0 Å². The smallest absolute Gasteiger partial charge is 0.107 e. The van der Waals surface area contributed by atoms with Crippen LogP contribution in [-0.2, 0) is 0 Å². The number of aryl methyl sites for hydroxylation is 1. The third-order valence-corrected chi connectivity index (χ3v) is 2.41. The van der Waals surface area contributed by atoms with Crippen molar-refractivity contribution in [1.82, 2.24) is 14.9 Å². The van der Waals surface area contributed by atoms with Crippen LogP contribution in [0, 0.1) is 19.3 Å². The molecule has 0 amide bonds. The molecule has 3 nitrogen and oxygen atoms in total. The molecule has 0 radical (unpaired) electrons. The number of hydrogen-bond donors (Lipinski definition) is 1. The summed E-state index contributed by atoms with van der Waals surface area (Å²) >= 11 is 1.36. The molecule has 0 saturated carbocycles. The Morgan fingerprint density at radius 3 is 2.92 bits per heavy atom. The predicted octanol–water partition coefficient (Wildman–Crippen LogP) is 1.13. The molecule has 1 aromatic heterocycles. The van der Waals surface area contributed by atoms with E-state index >= 15 is 0 Å². The van der Waals surface area contributed by atoms with Gasteiger partial charge in [-0.1, -0.05) is 17.3 Å². The van der Waals surface area contributed by atoms with Crippen LogP contribution in [-0.4, -0.2) is 16.1 Å². The zero-order valence-corrected chi connectivity index (χ0v) is 7.98. The highest BCUT2D eigenvalue weighted by Crippen LogP contribution is 2.18. The quantitative estimate of drug-likeness (QED) is 0.710. The fourth-order valence-corrected chi connectivity index (χ4v) is 1.61. The van der Waals surface area contributed by atoms with Gasteiger partial charge >= 0.3 is 0 Å². The van der Waals surface area contributed by atoms with Crippen molar-refractivity contribution in [3.8, 4) is 12.3 Å². The molecule has 1 N–H and O–H groups in total. The summed E-state index contributed by atoms with van der Waals surface area (Å²) in [4.78, 5) is 1.04. The van der Waals surface area contributed by atoms with Gasteiger partial charge < -0.3 is 0 Å². The van der Waals surface area contributed by atoms with Crippen molar-refractivity contribution in [3.05, 3.63) is 10.6 Å². The average molecular weight is 181 g/mol. The van der Waals surface area contributed by atoms with Crippen LogP contribution in [0.5, 0.6) is 0 Å². The standard InChI is InChI=1S/C8H11N3S/c1-4-7(9-5-2)8-6(3)10-11-12-8/h1,7,9H,5H2,2-3H3. The highest BCUT2D eigenvalue weighted by atomic mass is 32.1. The lowest BCUT2D eigenvalue weighted by Crippen LogP contribution is -2.18. The molecule has 12 heavy (non-hydrogen) atoms. The summed E-state index contributed by atoms with van der Waals surface area (Å²) in [5, 5.41) is 7.07. The Morgan fingerprint density at radius 1 is 1.75 bits per heavy atom. The topological polar surface area (TPSA) is 37.8 Å². The van der Waals surface area contributed by atoms with Crippen LogP contribution in [0.3, 0.4) is 0 Å². The highest BCUT2D eigenvalue weighted by Gasteiger charge is 2.12. The molecule has 1 aromatic rings. The monoisotopic (exact) mass is 181 g/mol. The Bertz CT molecular complexity index is 287. The Kier molecular flexibility index (Phi) is 3.20. The first kappa shape index (κ1) is 9.17. The van der Waals surface area contributed by atoms with E-state index in [2.05, 4.69) is 20.8 Å². The fourth-order valence-electron chi connectivity index (χ4n) is 0.934. The lowest BCUT2D eigenvalue weighted by Gasteiger charge is -2.07. The van der Waals surface area contributed by atoms with Crippen molar-refractivity contribution in [3.63, 3.8) is 0 Å². The van der Waals surface area contributed by atoms with Gasteiger partial charge in [-0.05, 0) is 25.0 Å². The number of aromatic nitrogens is 2. The number of nitrogens with zero attached hydrogens (tertiary/aromatic N) is 2. The first-order valence-corrected chi connectivity index (χ1v) is 4.55. The summed E-state index contributed by atoms with van der Waals surface area (Å²) in [7, 11) is 0. The van der Waals surface area contributed by atoms with Crippen molar-refractivity contribution in [2.24, 2.45) is 0 Å². The van der Waals surface area contributed by atoms with Gasteiger partial charge in [0.05, 0.1) is 10.6 Å². The molecule has 4 heteroatoms. The van der Waals surface area contributed by atoms with Crippen molar-refractivity contribution >= 4 is 11.5 Å². The SMILES string of the molecule is C#CC(NCC)c1snnc1C. The summed E-state index contributed by atoms with van der Waals surface area (Å²) in [6, 6.07) is -0.0324. The zero-order chi connectivity index (χ0) is 8.97. The summed E-state index contributed by atoms with van der Waals surface area (Å²) in [6.45, 7) is 4.79. The molecule has 0 saturated heterocycles. The van der Waals surface area contributed by atoms with E-state index in [1.807, 2.05) is 13.8 Å². The Balaban J connectivity index is 2.81. The van der Waals surface area contributed by atoms with E-state index in [-0.39, 0.29) is 6.04 Å². The van der Waals surface area contributed by atoms with Gasteiger partial charge in [0.1, 0.15) is 6.04 Å². The first-order chi connectivity index (χ1) is 5.79. The van der Waals surface area contributed by atoms with Crippen LogP contribution in [0.4, 0.5) is 0 Å². The van der Waals surface area contributed by atoms with E-state index in [1.165, 1.54) is 11.5 Å². The molecule has 1 rings (SSSR count). The molecule has 0 aliphatic rings. The Labute approximate surface area is 76.4 Å². The second kappa shape index (κ2) is 4.19. The maximum absolute atomic E-state index is 5.36. The van der Waals surface area contributed by atoms with E-state index in [9.17, 15) is 0 Å². The van der Waals surface area contributed by atoms with Crippen molar-refractivity contribution in [2.45, 2.75) is 19.9 Å². The van der Waals surface area contributed by atoms with Crippen molar-refractivity contribution < 1.29 is 0 Å². The molecule has 1 atom stereocenters. The molecule has 0 aliphatic carbocycles. The second-order valence-corrected chi connectivity index (χ2v) is 3.17. The molecule has 0 spiro atoms. The van der Waals surface area contributed by atoms with Gasteiger partial charge in [-0.2, -0.15) is 0 Å². The lowest BCUT2D eigenvalue weighted by atomic mass is 10.2. The van der Waals surface area contributed by atoms with Crippen molar-refractivity contribution in [1.29, 1.82) is 0 Å². The van der Waals surface area contributed by atoms with Crippen LogP contribution < -0.4 is 5.32 Å². The van der Waals surface area contributed by atoms with Crippen LogP contribution in [0.2, 0.25) is 0 Å². The average Bonchev–Trinajstić information content (AvgIpc) is 2.47. The molecule has 1 unspecified atom stereocenters. The predicted molar refractivity (Wildman–Crippen MR) is 49.9 cm³/mol. The molecule has 0 aromatic carbocycles. The largest absolute Gasteiger partial charge is 0.299 e. The van der Waals surface area contributed by atoms with Gasteiger partial charge in [0, 0.05) is 0 Å². The third-order valence-electron chi connectivity index (χ3n) is 1.52. The normalized spacial score (nSPS) is 12.4. The Hall–Kier alpha value is -0.920. The second-order valence-electron chi connectivity index (χ2n) is 2.38. The zero-order valence-electron chi connectivity index (χ0n) is 7.16. The van der Waals surface area contributed by atoms with E-state index < -0.39 is 0 Å². The van der Waals surface area contributed by atoms with Crippen LogP contribution in [0.1, 0.15) is 23.5 Å². The number of rotatable bonds is 3. The van der Waals surface area contributed by atoms with Crippen LogP contribution >= 0.6 is 11.5 Å². The molecule has 0 fully saturated rings. The molecular formula is C8H11N3S. The Morgan fingerprint density at radius 2 is 2.50 bits per heavy atom. The summed E-state index contributed by atoms with van der Waals surface area (Å²) < 4.78 is 3.83. The molecule has 0 bridgehead atoms. The minimum Gasteiger partial charge on any atom is -0.299 e. The lowest BCUT2D eigenvalue weighted by molar-refractivity contribution is 0.669. The summed E-state index contributed by atoms with van der Waals surface area (Å²) in [5.41, 5.74) is 0.920. The van der Waals surface area contributed by atoms with E-state index in [4.69, 9.17) is 6.42 Å². The minimum absolute atomic E-state index is 0.0324. The van der Waals surface area contributed by atoms with E-state index in [1.54, 1.807) is 0 Å². The van der Waals surface area contributed by atoms with Crippen LogP contribution in [0.25, 0.3) is 0 Å². The fraction of sp³-hybridized carbons (Fsp3) is 0.500.